The maximum Gasteiger partial charge on any atom is 0.345 e. The van der Waals surface area contributed by atoms with Gasteiger partial charge in [-0.05, 0) is 32.3 Å². The van der Waals surface area contributed by atoms with Crippen LogP contribution in [0.4, 0.5) is 0 Å². The summed E-state index contributed by atoms with van der Waals surface area (Å²) >= 11 is 0. The highest BCUT2D eigenvalue weighted by molar-refractivity contribution is 5.88. The summed E-state index contributed by atoms with van der Waals surface area (Å²) in [5, 5.41) is 0. The van der Waals surface area contributed by atoms with Gasteiger partial charge in [0.15, 0.2) is 18.0 Å². The first-order chi connectivity index (χ1) is 17.3. The van der Waals surface area contributed by atoms with Crippen molar-refractivity contribution in [2.75, 3.05) is 0 Å². The van der Waals surface area contributed by atoms with Crippen LogP contribution >= 0.6 is 0 Å². The number of hydrogen-bond donors (Lipinski definition) is 0. The minimum absolute atomic E-state index is 0.0830. The van der Waals surface area contributed by atoms with Gasteiger partial charge in [-0.3, -0.25) is 19.2 Å². The monoisotopic (exact) mass is 518 g/mol. The number of carbonyl (C=O) groups is 5. The zero-order chi connectivity index (χ0) is 27.3. The molecule has 0 unspecified atom stereocenters. The summed E-state index contributed by atoms with van der Waals surface area (Å²) in [5.74, 6) is -2.71. The molecule has 0 aromatic carbocycles. The lowest BCUT2D eigenvalue weighted by atomic mass is 9.82. The Morgan fingerprint density at radius 2 is 1.78 bits per heavy atom. The van der Waals surface area contributed by atoms with Crippen LogP contribution in [0.2, 0.25) is 0 Å². The van der Waals surface area contributed by atoms with Gasteiger partial charge in [0, 0.05) is 33.6 Å². The van der Waals surface area contributed by atoms with E-state index in [1.165, 1.54) is 33.8 Å². The molecule has 0 aliphatic carbocycles. The summed E-state index contributed by atoms with van der Waals surface area (Å²) in [6.07, 6.45) is -3.21. The van der Waals surface area contributed by atoms with Crippen LogP contribution < -0.4 is 0 Å². The summed E-state index contributed by atoms with van der Waals surface area (Å²) in [5.41, 5.74) is -2.22. The maximum atomic E-state index is 13.1. The average Bonchev–Trinajstić information content (AvgIpc) is 3.32. The van der Waals surface area contributed by atoms with E-state index in [1.807, 2.05) is 0 Å². The van der Waals surface area contributed by atoms with E-state index >= 15 is 0 Å². The van der Waals surface area contributed by atoms with Crippen LogP contribution in [-0.4, -0.2) is 59.7 Å². The second kappa shape index (κ2) is 9.44. The molecule has 4 rings (SSSR count). The Morgan fingerprint density at radius 1 is 1.11 bits per heavy atom. The largest absolute Gasteiger partial charge is 0.461 e. The molecule has 1 aromatic rings. The molecule has 2 fully saturated rings. The Hall–Kier alpha value is -3.47. The topological polar surface area (TPSA) is 148 Å². The number of aldehydes is 1. The Balaban J connectivity index is 1.89. The molecule has 3 aliphatic heterocycles. The van der Waals surface area contributed by atoms with E-state index < -0.39 is 59.5 Å². The van der Waals surface area contributed by atoms with Crippen molar-refractivity contribution >= 4 is 30.2 Å². The Labute approximate surface area is 213 Å². The van der Waals surface area contributed by atoms with Crippen molar-refractivity contribution in [1.82, 2.24) is 0 Å². The summed E-state index contributed by atoms with van der Waals surface area (Å²) in [7, 11) is 0. The molecule has 2 saturated heterocycles. The molecule has 11 heteroatoms. The Morgan fingerprint density at radius 3 is 2.32 bits per heavy atom. The number of carbonyl (C=O) groups excluding carboxylic acids is 5. The fourth-order valence-electron chi connectivity index (χ4n) is 5.41. The molecule has 200 valence electrons. The first kappa shape index (κ1) is 26.6. The average molecular weight is 519 g/mol. The van der Waals surface area contributed by atoms with Gasteiger partial charge in [0.2, 0.25) is 5.60 Å². The van der Waals surface area contributed by atoms with Crippen molar-refractivity contribution in [2.45, 2.75) is 89.5 Å². The molecular weight excluding hydrogens is 488 g/mol. The minimum Gasteiger partial charge on any atom is -0.461 e. The van der Waals surface area contributed by atoms with E-state index in [0.29, 0.717) is 11.9 Å². The number of allylic oxidation sites excluding steroid dienone is 1. The zero-order valence-electron chi connectivity index (χ0n) is 21.4. The smallest absolute Gasteiger partial charge is 0.345 e. The summed E-state index contributed by atoms with van der Waals surface area (Å²) in [4.78, 5) is 61.4. The first-order valence-electron chi connectivity index (χ1n) is 12.0. The van der Waals surface area contributed by atoms with Gasteiger partial charge in [0.05, 0.1) is 5.56 Å². The third kappa shape index (κ3) is 4.79. The molecule has 4 bridgehead atoms. The van der Waals surface area contributed by atoms with Crippen LogP contribution in [-0.2, 0) is 49.3 Å². The minimum atomic E-state index is -1.58. The van der Waals surface area contributed by atoms with Crippen LogP contribution in [0.15, 0.2) is 22.6 Å². The van der Waals surface area contributed by atoms with Crippen molar-refractivity contribution in [3.63, 3.8) is 0 Å². The predicted octanol–water partition coefficient (Wildman–Crippen LogP) is 2.54. The number of ether oxygens (including phenoxy) is 5. The lowest BCUT2D eigenvalue weighted by Gasteiger charge is -2.36. The molecule has 0 amide bonds. The molecule has 1 aromatic heterocycles. The molecule has 4 heterocycles. The Bertz CT molecular complexity index is 1170. The van der Waals surface area contributed by atoms with Gasteiger partial charge in [-0.15, -0.1) is 0 Å². The van der Waals surface area contributed by atoms with Crippen molar-refractivity contribution in [1.29, 1.82) is 0 Å². The molecule has 0 saturated carbocycles. The lowest BCUT2D eigenvalue weighted by Crippen LogP contribution is -2.44. The van der Waals surface area contributed by atoms with Crippen molar-refractivity contribution in [3.8, 4) is 0 Å². The fraction of sp³-hybridized carbons (Fsp3) is 0.577. The van der Waals surface area contributed by atoms with Gasteiger partial charge < -0.3 is 28.1 Å². The maximum absolute atomic E-state index is 13.1. The SMILES string of the molecule is C=C(C)[C@H]1Cc2oc(cc2C=O)[C@H](OC(C)=O)[C@@](C)(OC(C)=O)C[C@@H]2OC(=O)[C@]3(O[C@@H]23)[C@H](OC(C)=O)C1. The van der Waals surface area contributed by atoms with Crippen molar-refractivity contribution in [3.05, 3.63) is 35.3 Å². The molecule has 0 N–H and O–H groups in total. The zero-order valence-corrected chi connectivity index (χ0v) is 21.4. The summed E-state index contributed by atoms with van der Waals surface area (Å²) in [6, 6.07) is 1.43. The van der Waals surface area contributed by atoms with Crippen LogP contribution in [0.25, 0.3) is 0 Å². The van der Waals surface area contributed by atoms with E-state index in [1.54, 1.807) is 6.92 Å². The van der Waals surface area contributed by atoms with Gasteiger partial charge in [-0.1, -0.05) is 12.2 Å². The Kier molecular flexibility index (Phi) is 6.78. The van der Waals surface area contributed by atoms with E-state index in [4.69, 9.17) is 28.1 Å². The normalized spacial score (nSPS) is 34.4. The van der Waals surface area contributed by atoms with Crippen LogP contribution in [0, 0.1) is 5.92 Å². The van der Waals surface area contributed by atoms with Crippen LogP contribution in [0.5, 0.6) is 0 Å². The van der Waals surface area contributed by atoms with Gasteiger partial charge in [0.25, 0.3) is 0 Å². The van der Waals surface area contributed by atoms with E-state index in [0.717, 1.165) is 0 Å². The highest BCUT2D eigenvalue weighted by Crippen LogP contribution is 2.55. The molecule has 7 atom stereocenters. The van der Waals surface area contributed by atoms with E-state index in [-0.39, 0.29) is 42.3 Å². The molecule has 0 radical (unpaired) electrons. The second-order valence-electron chi connectivity index (χ2n) is 10.1. The third-order valence-electron chi connectivity index (χ3n) is 7.08. The highest BCUT2D eigenvalue weighted by atomic mass is 16.7. The molecule has 11 nitrogen and oxygen atoms in total. The summed E-state index contributed by atoms with van der Waals surface area (Å²) < 4.78 is 34.4. The first-order valence-corrected chi connectivity index (χ1v) is 12.0. The number of fused-ring (bicyclic) bond motifs is 2. The fourth-order valence-corrected chi connectivity index (χ4v) is 5.41. The van der Waals surface area contributed by atoms with Gasteiger partial charge in [-0.25, -0.2) is 4.79 Å². The third-order valence-corrected chi connectivity index (χ3v) is 7.08. The molecule has 0 spiro atoms. The lowest BCUT2D eigenvalue weighted by molar-refractivity contribution is -0.193. The highest BCUT2D eigenvalue weighted by Gasteiger charge is 2.78. The van der Waals surface area contributed by atoms with Crippen LogP contribution in [0.1, 0.15) is 75.4 Å². The number of furan rings is 1. The van der Waals surface area contributed by atoms with Crippen molar-refractivity contribution < 1.29 is 52.1 Å². The number of hydrogen-bond acceptors (Lipinski definition) is 11. The van der Waals surface area contributed by atoms with E-state index in [2.05, 4.69) is 6.58 Å². The predicted molar refractivity (Wildman–Crippen MR) is 123 cm³/mol. The molecule has 37 heavy (non-hydrogen) atoms. The summed E-state index contributed by atoms with van der Waals surface area (Å²) in [6.45, 7) is 10.9. The molecular formula is C26H30O11. The molecule has 3 aliphatic rings. The number of esters is 4. The van der Waals surface area contributed by atoms with Gasteiger partial charge in [-0.2, -0.15) is 0 Å². The van der Waals surface area contributed by atoms with E-state index in [9.17, 15) is 24.0 Å². The second-order valence-corrected chi connectivity index (χ2v) is 10.1. The standard InChI is InChI=1S/C26H30O11/c1-12(2)16-7-18-17(11-27)8-19(34-18)22(33-14(4)29)25(6,36-15(5)30)10-20-23-26(37-23,24(31)35-20)21(9-16)32-13(3)28/h8,11,16,20-23H,1,7,9-10H2,2-6H3/t16-,20-,21+,22-,23-,25-,26-/m0/s1. The number of epoxide rings is 1. The quantitative estimate of drug-likeness (QED) is 0.186. The van der Waals surface area contributed by atoms with Gasteiger partial charge in [0.1, 0.15) is 29.8 Å². The van der Waals surface area contributed by atoms with Crippen molar-refractivity contribution in [2.24, 2.45) is 5.92 Å². The van der Waals surface area contributed by atoms with Gasteiger partial charge >= 0.3 is 23.9 Å². The number of rotatable bonds is 5. The van der Waals surface area contributed by atoms with Crippen LogP contribution in [0.3, 0.4) is 0 Å².